The Balaban J connectivity index is 2.52. The Hall–Kier alpha value is -0.450. The van der Waals surface area contributed by atoms with E-state index in [1.165, 1.54) is 0 Å². The van der Waals surface area contributed by atoms with Crippen LogP contribution in [0.3, 0.4) is 0 Å². The van der Waals surface area contributed by atoms with Crippen LogP contribution in [0.15, 0.2) is 33.2 Å². The summed E-state index contributed by atoms with van der Waals surface area (Å²) in [5, 5.41) is 0.453. The van der Waals surface area contributed by atoms with Gasteiger partial charge in [-0.2, -0.15) is 0 Å². The Morgan fingerprint density at radius 3 is 2.35 bits per heavy atom. The first-order valence-corrected chi connectivity index (χ1v) is 7.06. The van der Waals surface area contributed by atoms with Gasteiger partial charge < -0.3 is 0 Å². The second kappa shape index (κ2) is 5.46. The van der Waals surface area contributed by atoms with Crippen molar-refractivity contribution in [3.05, 3.63) is 44.1 Å². The third kappa shape index (κ3) is 2.87. The van der Waals surface area contributed by atoms with E-state index in [0.717, 1.165) is 26.6 Å². The molecule has 0 N–H and O–H groups in total. The highest BCUT2D eigenvalue weighted by Gasteiger charge is 2.10. The summed E-state index contributed by atoms with van der Waals surface area (Å²) >= 11 is 12.9. The Kier molecular flexibility index (Phi) is 4.17. The molecule has 0 bridgehead atoms. The van der Waals surface area contributed by atoms with Crippen molar-refractivity contribution in [1.82, 2.24) is 9.97 Å². The molecular formula is C12H9Br2ClN2. The Labute approximate surface area is 122 Å². The second-order valence-electron chi connectivity index (χ2n) is 3.46. The minimum absolute atomic E-state index is 0.453. The molecule has 0 atom stereocenters. The number of aryl methyl sites for hydroxylation is 1. The molecule has 0 unspecified atom stereocenters. The lowest BCUT2D eigenvalue weighted by Crippen LogP contribution is -1.97. The van der Waals surface area contributed by atoms with Gasteiger partial charge >= 0.3 is 0 Å². The number of hydrogen-bond acceptors (Lipinski definition) is 2. The predicted octanol–water partition coefficient (Wildman–Crippen LogP) is 4.88. The lowest BCUT2D eigenvalue weighted by Gasteiger charge is -2.06. The van der Waals surface area contributed by atoms with Crippen molar-refractivity contribution in [2.45, 2.75) is 13.3 Å². The van der Waals surface area contributed by atoms with Crippen molar-refractivity contribution in [3.8, 4) is 11.4 Å². The Bertz CT molecular complexity index is 541. The Morgan fingerprint density at radius 2 is 1.76 bits per heavy atom. The third-order valence-corrected chi connectivity index (χ3v) is 4.18. The van der Waals surface area contributed by atoms with Gasteiger partial charge in [0.15, 0.2) is 5.82 Å². The Morgan fingerprint density at radius 1 is 1.12 bits per heavy atom. The molecule has 1 aromatic carbocycles. The standard InChI is InChI=1S/C12H9Br2ClN2/c1-2-9-10(14)11(15)17-12(16-9)7-3-5-8(13)6-4-7/h3-6H,2H2,1H3. The summed E-state index contributed by atoms with van der Waals surface area (Å²) in [5.74, 6) is 0.655. The van der Waals surface area contributed by atoms with Crippen molar-refractivity contribution in [1.29, 1.82) is 0 Å². The van der Waals surface area contributed by atoms with Gasteiger partial charge in [0.05, 0.1) is 10.2 Å². The van der Waals surface area contributed by atoms with Gasteiger partial charge in [-0.25, -0.2) is 9.97 Å². The topological polar surface area (TPSA) is 25.8 Å². The number of rotatable bonds is 2. The molecule has 88 valence electrons. The quantitative estimate of drug-likeness (QED) is 0.698. The van der Waals surface area contributed by atoms with E-state index in [1.807, 2.05) is 31.2 Å². The molecule has 0 aliphatic carbocycles. The van der Waals surface area contributed by atoms with Gasteiger partial charge in [0.25, 0.3) is 0 Å². The molecular weight excluding hydrogens is 367 g/mol. The summed E-state index contributed by atoms with van der Waals surface area (Å²) in [6.07, 6.45) is 0.812. The lowest BCUT2D eigenvalue weighted by molar-refractivity contribution is 0.991. The van der Waals surface area contributed by atoms with Crippen LogP contribution in [0.1, 0.15) is 12.6 Å². The SMILES string of the molecule is CCc1nc(-c2ccc(Br)cc2)nc(Cl)c1Br. The van der Waals surface area contributed by atoms with Gasteiger partial charge in [0, 0.05) is 10.0 Å². The molecule has 2 rings (SSSR count). The van der Waals surface area contributed by atoms with Gasteiger partial charge in [0.1, 0.15) is 5.15 Å². The largest absolute Gasteiger partial charge is 0.232 e. The van der Waals surface area contributed by atoms with Crippen molar-refractivity contribution in [2.24, 2.45) is 0 Å². The summed E-state index contributed by atoms with van der Waals surface area (Å²) < 4.78 is 1.81. The highest BCUT2D eigenvalue weighted by atomic mass is 79.9. The van der Waals surface area contributed by atoms with Gasteiger partial charge in [-0.15, -0.1) is 0 Å². The first kappa shape index (κ1) is 13.0. The van der Waals surface area contributed by atoms with E-state index < -0.39 is 0 Å². The van der Waals surface area contributed by atoms with E-state index >= 15 is 0 Å². The molecule has 0 aliphatic heterocycles. The molecule has 0 saturated carbocycles. The highest BCUT2D eigenvalue weighted by Crippen LogP contribution is 2.27. The van der Waals surface area contributed by atoms with Crippen molar-refractivity contribution in [3.63, 3.8) is 0 Å². The van der Waals surface area contributed by atoms with Crippen molar-refractivity contribution < 1.29 is 0 Å². The molecule has 1 heterocycles. The van der Waals surface area contributed by atoms with E-state index in [1.54, 1.807) is 0 Å². The van der Waals surface area contributed by atoms with Crippen molar-refractivity contribution >= 4 is 43.5 Å². The second-order valence-corrected chi connectivity index (χ2v) is 5.53. The molecule has 17 heavy (non-hydrogen) atoms. The zero-order valence-electron chi connectivity index (χ0n) is 9.04. The molecule has 0 aliphatic rings. The fourth-order valence-corrected chi connectivity index (χ4v) is 2.34. The van der Waals surface area contributed by atoms with Gasteiger partial charge in [-0.3, -0.25) is 0 Å². The van der Waals surface area contributed by atoms with Crippen LogP contribution >= 0.6 is 43.5 Å². The maximum atomic E-state index is 6.07. The van der Waals surface area contributed by atoms with Crippen molar-refractivity contribution in [2.75, 3.05) is 0 Å². The molecule has 0 radical (unpaired) electrons. The highest BCUT2D eigenvalue weighted by molar-refractivity contribution is 9.10. The number of halogens is 3. The van der Waals surface area contributed by atoms with Crippen LogP contribution in [-0.4, -0.2) is 9.97 Å². The molecule has 1 aromatic heterocycles. The van der Waals surface area contributed by atoms with Gasteiger partial charge in [-0.05, 0) is 34.5 Å². The van der Waals surface area contributed by atoms with Crippen LogP contribution in [-0.2, 0) is 6.42 Å². The zero-order valence-corrected chi connectivity index (χ0v) is 13.0. The van der Waals surface area contributed by atoms with Crippen LogP contribution < -0.4 is 0 Å². The average Bonchev–Trinajstić information content (AvgIpc) is 2.33. The maximum absolute atomic E-state index is 6.07. The maximum Gasteiger partial charge on any atom is 0.161 e. The molecule has 0 spiro atoms. The average molecular weight is 376 g/mol. The van der Waals surface area contributed by atoms with Crippen LogP contribution in [0.4, 0.5) is 0 Å². The van der Waals surface area contributed by atoms with Gasteiger partial charge in [0.2, 0.25) is 0 Å². The van der Waals surface area contributed by atoms with Gasteiger partial charge in [-0.1, -0.05) is 46.6 Å². The number of nitrogens with zero attached hydrogens (tertiary/aromatic N) is 2. The van der Waals surface area contributed by atoms with E-state index in [-0.39, 0.29) is 0 Å². The summed E-state index contributed by atoms with van der Waals surface area (Å²) in [7, 11) is 0. The first-order chi connectivity index (χ1) is 8.11. The molecule has 5 heteroatoms. The fraction of sp³-hybridized carbons (Fsp3) is 0.167. The summed E-state index contributed by atoms with van der Waals surface area (Å²) in [4.78, 5) is 8.77. The first-order valence-electron chi connectivity index (χ1n) is 5.09. The minimum Gasteiger partial charge on any atom is -0.232 e. The number of benzene rings is 1. The van der Waals surface area contributed by atoms with E-state index in [9.17, 15) is 0 Å². The summed E-state index contributed by atoms with van der Waals surface area (Å²) in [6, 6.07) is 7.84. The molecule has 0 fully saturated rings. The third-order valence-electron chi connectivity index (χ3n) is 2.32. The van der Waals surface area contributed by atoms with Crippen LogP contribution in [0.25, 0.3) is 11.4 Å². The van der Waals surface area contributed by atoms with E-state index in [4.69, 9.17) is 11.6 Å². The smallest absolute Gasteiger partial charge is 0.161 e. The lowest BCUT2D eigenvalue weighted by atomic mass is 10.2. The zero-order chi connectivity index (χ0) is 12.4. The van der Waals surface area contributed by atoms with E-state index in [0.29, 0.717) is 11.0 Å². The minimum atomic E-state index is 0.453. The van der Waals surface area contributed by atoms with Crippen LogP contribution in [0.5, 0.6) is 0 Å². The predicted molar refractivity (Wildman–Crippen MR) is 77.3 cm³/mol. The van der Waals surface area contributed by atoms with E-state index in [2.05, 4.69) is 41.8 Å². The molecule has 2 nitrogen and oxygen atoms in total. The normalized spacial score (nSPS) is 10.6. The summed E-state index contributed by atoms with van der Waals surface area (Å²) in [5.41, 5.74) is 1.88. The molecule has 0 amide bonds. The number of hydrogen-bond donors (Lipinski definition) is 0. The monoisotopic (exact) mass is 374 g/mol. The van der Waals surface area contributed by atoms with Crippen LogP contribution in [0.2, 0.25) is 5.15 Å². The molecule has 0 saturated heterocycles. The molecule has 2 aromatic rings. The van der Waals surface area contributed by atoms with Crippen LogP contribution in [0, 0.1) is 0 Å². The fourth-order valence-electron chi connectivity index (χ4n) is 1.43. The number of aromatic nitrogens is 2. The summed E-state index contributed by atoms with van der Waals surface area (Å²) in [6.45, 7) is 2.04.